The molecule has 23 heavy (non-hydrogen) atoms. The van der Waals surface area contributed by atoms with Gasteiger partial charge in [0.15, 0.2) is 5.69 Å². The third kappa shape index (κ3) is 1.49. The van der Waals surface area contributed by atoms with Crippen molar-refractivity contribution in [1.29, 1.82) is 0 Å². The minimum absolute atomic E-state index is 0.188. The molecule has 1 aromatic rings. The molecule has 3 atom stereocenters. The average molecular weight is 320 g/mol. The Bertz CT molecular complexity index is 683. The summed E-state index contributed by atoms with van der Waals surface area (Å²) in [7, 11) is 0. The van der Waals surface area contributed by atoms with Crippen LogP contribution in [0.25, 0.3) is 0 Å². The lowest BCUT2D eigenvalue weighted by Gasteiger charge is -2.42. The second kappa shape index (κ2) is 4.52. The van der Waals surface area contributed by atoms with E-state index in [2.05, 4.69) is 15.2 Å². The molecule has 3 heterocycles. The molecule has 2 fully saturated rings. The number of hydrogen-bond acceptors (Lipinski definition) is 7. The number of aromatic nitrogens is 2. The summed E-state index contributed by atoms with van der Waals surface area (Å²) in [5.41, 5.74) is -0.314. The molecule has 2 aliphatic carbocycles. The van der Waals surface area contributed by atoms with Gasteiger partial charge in [0, 0.05) is 32.4 Å². The highest BCUT2D eigenvalue weighted by molar-refractivity contribution is 5.92. The van der Waals surface area contributed by atoms with Crippen molar-refractivity contribution >= 4 is 5.71 Å². The fourth-order valence-electron chi connectivity index (χ4n) is 5.30. The van der Waals surface area contributed by atoms with Gasteiger partial charge in [-0.2, -0.15) is 4.74 Å². The van der Waals surface area contributed by atoms with Crippen molar-refractivity contribution in [2.45, 2.75) is 43.4 Å². The lowest BCUT2D eigenvalue weighted by atomic mass is 9.73. The molecule has 0 amide bonds. The van der Waals surface area contributed by atoms with Crippen molar-refractivity contribution in [1.82, 2.24) is 15.2 Å². The summed E-state index contributed by atoms with van der Waals surface area (Å²) in [6.45, 7) is 2.71. The van der Waals surface area contributed by atoms with E-state index in [-0.39, 0.29) is 5.92 Å². The monoisotopic (exact) mass is 320 g/mol. The highest BCUT2D eigenvalue weighted by Crippen LogP contribution is 2.56. The standard InChI is InChI=1S/C15H20N4O4/c20-15-11-2-1-5-14(11,18-6-8-22-9-7-18)19(21)12(15)4-3-10-13(15)17-23-16-10/h11,20H,1-9H2/t11-,14-,15+/m0/s1. The molecule has 8 nitrogen and oxygen atoms in total. The quantitative estimate of drug-likeness (QED) is 0.574. The van der Waals surface area contributed by atoms with Crippen molar-refractivity contribution < 1.29 is 19.2 Å². The molecule has 8 heteroatoms. The first-order valence-corrected chi connectivity index (χ1v) is 8.40. The van der Waals surface area contributed by atoms with E-state index in [1.807, 2.05) is 0 Å². The van der Waals surface area contributed by atoms with Crippen LogP contribution in [-0.2, 0) is 16.8 Å². The van der Waals surface area contributed by atoms with Crippen LogP contribution in [0.3, 0.4) is 0 Å². The van der Waals surface area contributed by atoms with E-state index in [0.717, 1.165) is 37.1 Å². The number of aliphatic hydroxyl groups is 1. The third-order valence-electron chi connectivity index (χ3n) is 6.21. The smallest absolute Gasteiger partial charge is 0.235 e. The predicted molar refractivity (Wildman–Crippen MR) is 77.6 cm³/mol. The third-order valence-corrected chi connectivity index (χ3v) is 6.21. The minimum Gasteiger partial charge on any atom is -0.622 e. The van der Waals surface area contributed by atoms with E-state index in [0.29, 0.717) is 43.2 Å². The molecule has 1 saturated carbocycles. The maximum Gasteiger partial charge on any atom is 0.235 e. The number of rotatable bonds is 1. The molecule has 0 aromatic carbocycles. The second-order valence-electron chi connectivity index (χ2n) is 6.99. The molecule has 0 spiro atoms. The SMILES string of the molecule is [O-][N+]1=C2CCc3nonc3[C@@]2(O)[C@H]2CCC[C@@]21N1CCOCC1. The Kier molecular flexibility index (Phi) is 2.73. The van der Waals surface area contributed by atoms with Crippen molar-refractivity contribution in [3.05, 3.63) is 16.6 Å². The summed E-state index contributed by atoms with van der Waals surface area (Å²) in [5.74, 6) is -0.188. The number of hydroxylamine groups is 1. The zero-order valence-electron chi connectivity index (χ0n) is 12.9. The van der Waals surface area contributed by atoms with Crippen LogP contribution in [0.5, 0.6) is 0 Å². The van der Waals surface area contributed by atoms with Crippen LogP contribution in [0.1, 0.15) is 37.1 Å². The number of aryl methyl sites for hydroxylation is 1. The zero-order chi connectivity index (χ0) is 15.7. The van der Waals surface area contributed by atoms with Crippen LogP contribution < -0.4 is 0 Å². The van der Waals surface area contributed by atoms with Crippen LogP contribution in [0.4, 0.5) is 0 Å². The van der Waals surface area contributed by atoms with Gasteiger partial charge in [0.25, 0.3) is 0 Å². The average Bonchev–Trinajstić information content (AvgIpc) is 3.26. The van der Waals surface area contributed by atoms with Gasteiger partial charge in [0.2, 0.25) is 17.0 Å². The van der Waals surface area contributed by atoms with Gasteiger partial charge in [0.1, 0.15) is 5.69 Å². The summed E-state index contributed by atoms with van der Waals surface area (Å²) in [6, 6.07) is 0. The fraction of sp³-hybridized carbons (Fsp3) is 0.800. The molecule has 0 bridgehead atoms. The number of nitrogens with zero attached hydrogens (tertiary/aromatic N) is 4. The number of ether oxygens (including phenoxy) is 1. The van der Waals surface area contributed by atoms with Crippen LogP contribution in [0.2, 0.25) is 0 Å². The lowest BCUT2D eigenvalue weighted by molar-refractivity contribution is -0.583. The predicted octanol–water partition coefficient (Wildman–Crippen LogP) is -0.00310. The molecule has 124 valence electrons. The van der Waals surface area contributed by atoms with Gasteiger partial charge in [-0.05, 0) is 12.8 Å². The van der Waals surface area contributed by atoms with Gasteiger partial charge < -0.3 is 15.1 Å². The van der Waals surface area contributed by atoms with E-state index in [9.17, 15) is 10.3 Å². The number of fused-ring (bicyclic) bond motifs is 5. The first-order chi connectivity index (χ1) is 11.2. The first kappa shape index (κ1) is 13.9. The molecule has 0 radical (unpaired) electrons. The summed E-state index contributed by atoms with van der Waals surface area (Å²) in [4.78, 5) is 2.22. The Morgan fingerprint density at radius 1 is 1.26 bits per heavy atom. The Morgan fingerprint density at radius 2 is 2.09 bits per heavy atom. The summed E-state index contributed by atoms with van der Waals surface area (Å²) >= 11 is 0. The van der Waals surface area contributed by atoms with Gasteiger partial charge in [0.05, 0.1) is 19.1 Å². The van der Waals surface area contributed by atoms with E-state index in [1.54, 1.807) is 0 Å². The van der Waals surface area contributed by atoms with Crippen molar-refractivity contribution in [2.24, 2.45) is 5.92 Å². The maximum absolute atomic E-state index is 13.3. The molecular formula is C15H20N4O4. The van der Waals surface area contributed by atoms with Gasteiger partial charge >= 0.3 is 0 Å². The van der Waals surface area contributed by atoms with Gasteiger partial charge in [-0.15, -0.1) is 0 Å². The Morgan fingerprint density at radius 3 is 2.91 bits per heavy atom. The second-order valence-corrected chi connectivity index (χ2v) is 6.99. The van der Waals surface area contributed by atoms with Gasteiger partial charge in [-0.3, -0.25) is 0 Å². The molecule has 1 saturated heterocycles. The Hall–Kier alpha value is -1.51. The van der Waals surface area contributed by atoms with Crippen molar-refractivity contribution in [2.75, 3.05) is 26.3 Å². The van der Waals surface area contributed by atoms with Crippen LogP contribution in [-0.4, -0.2) is 62.7 Å². The summed E-state index contributed by atoms with van der Waals surface area (Å²) in [6.07, 6.45) is 3.62. The molecule has 1 N–H and O–H groups in total. The normalized spacial score (nSPS) is 40.1. The van der Waals surface area contributed by atoms with Crippen LogP contribution in [0, 0.1) is 11.1 Å². The van der Waals surface area contributed by atoms with Gasteiger partial charge in [-0.1, -0.05) is 10.3 Å². The highest BCUT2D eigenvalue weighted by atomic mass is 16.6. The molecule has 5 rings (SSSR count). The minimum atomic E-state index is -1.33. The Labute approximate surface area is 133 Å². The van der Waals surface area contributed by atoms with Gasteiger partial charge in [-0.25, -0.2) is 9.53 Å². The van der Waals surface area contributed by atoms with Crippen molar-refractivity contribution in [3.63, 3.8) is 0 Å². The molecule has 1 aromatic heterocycles. The number of hydrogen-bond donors (Lipinski definition) is 1. The van der Waals surface area contributed by atoms with Crippen LogP contribution in [0.15, 0.2) is 4.63 Å². The van der Waals surface area contributed by atoms with E-state index in [4.69, 9.17) is 9.37 Å². The molecule has 2 aliphatic heterocycles. The van der Waals surface area contributed by atoms with E-state index < -0.39 is 11.3 Å². The lowest BCUT2D eigenvalue weighted by Crippen LogP contribution is -2.60. The molecule has 0 unspecified atom stereocenters. The topological polar surface area (TPSA) is 97.7 Å². The summed E-state index contributed by atoms with van der Waals surface area (Å²) in [5, 5.41) is 32.8. The number of morpholine rings is 1. The van der Waals surface area contributed by atoms with Crippen LogP contribution >= 0.6 is 0 Å². The van der Waals surface area contributed by atoms with Crippen molar-refractivity contribution in [3.8, 4) is 0 Å². The first-order valence-electron chi connectivity index (χ1n) is 8.40. The maximum atomic E-state index is 13.3. The molecule has 4 aliphatic rings. The largest absolute Gasteiger partial charge is 0.622 e. The fourth-order valence-corrected chi connectivity index (χ4v) is 5.30. The van der Waals surface area contributed by atoms with E-state index in [1.165, 1.54) is 0 Å². The molecular weight excluding hydrogens is 300 g/mol. The summed E-state index contributed by atoms with van der Waals surface area (Å²) < 4.78 is 11.5. The van der Waals surface area contributed by atoms with E-state index >= 15 is 0 Å². The zero-order valence-corrected chi connectivity index (χ0v) is 12.9. The highest BCUT2D eigenvalue weighted by Gasteiger charge is 2.73. The Balaban J connectivity index is 1.69.